The molecular weight excluding hydrogens is 457 g/mol. The predicted octanol–water partition coefficient (Wildman–Crippen LogP) is 6.57. The second-order valence-electron chi connectivity index (χ2n) is 6.27. The van der Waals surface area contributed by atoms with Gasteiger partial charge in [0.15, 0.2) is 0 Å². The van der Waals surface area contributed by atoms with Gasteiger partial charge in [0.25, 0.3) is 5.22 Å². The number of rotatable bonds is 7. The average molecular weight is 472 g/mol. The van der Waals surface area contributed by atoms with Crippen LogP contribution in [0.2, 0.25) is 10.0 Å². The molecule has 156 valence electrons. The van der Waals surface area contributed by atoms with Crippen molar-refractivity contribution in [3.63, 3.8) is 0 Å². The summed E-state index contributed by atoms with van der Waals surface area (Å²) in [6, 6.07) is 21.3. The highest BCUT2D eigenvalue weighted by molar-refractivity contribution is 7.99. The van der Waals surface area contributed by atoms with Crippen LogP contribution in [0.3, 0.4) is 0 Å². The van der Waals surface area contributed by atoms with E-state index in [-0.39, 0.29) is 16.9 Å². The SMILES string of the molecule is O=C(CSc1nnc(-c2ccccc2Cl)o1)Nc1ccc(Oc2ccc(Cl)cc2)cc1. The number of nitrogens with one attached hydrogen (secondary N) is 1. The van der Waals surface area contributed by atoms with Crippen LogP contribution >= 0.6 is 35.0 Å². The fourth-order valence-corrected chi connectivity index (χ4v) is 3.49. The molecule has 6 nitrogen and oxygen atoms in total. The van der Waals surface area contributed by atoms with E-state index in [0.29, 0.717) is 38.7 Å². The topological polar surface area (TPSA) is 77.2 Å². The van der Waals surface area contributed by atoms with Crippen LogP contribution in [0.4, 0.5) is 5.69 Å². The van der Waals surface area contributed by atoms with Gasteiger partial charge in [-0.2, -0.15) is 0 Å². The first kappa shape index (κ1) is 21.2. The molecule has 0 atom stereocenters. The lowest BCUT2D eigenvalue weighted by Gasteiger charge is -2.08. The molecular formula is C22H15Cl2N3O3S. The van der Waals surface area contributed by atoms with E-state index in [0.717, 1.165) is 11.8 Å². The number of nitrogens with zero attached hydrogens (tertiary/aromatic N) is 2. The zero-order chi connectivity index (χ0) is 21.6. The first-order valence-electron chi connectivity index (χ1n) is 9.11. The van der Waals surface area contributed by atoms with Crippen molar-refractivity contribution < 1.29 is 13.9 Å². The number of thioether (sulfide) groups is 1. The van der Waals surface area contributed by atoms with Crippen LogP contribution in [0, 0.1) is 0 Å². The van der Waals surface area contributed by atoms with Crippen LogP contribution in [0.25, 0.3) is 11.5 Å². The average Bonchev–Trinajstić information content (AvgIpc) is 3.24. The number of hydrogen-bond donors (Lipinski definition) is 1. The van der Waals surface area contributed by atoms with Gasteiger partial charge >= 0.3 is 0 Å². The van der Waals surface area contributed by atoms with Gasteiger partial charge in [0.2, 0.25) is 11.8 Å². The Balaban J connectivity index is 1.29. The third-order valence-electron chi connectivity index (χ3n) is 4.02. The molecule has 4 rings (SSSR count). The second-order valence-corrected chi connectivity index (χ2v) is 8.04. The largest absolute Gasteiger partial charge is 0.457 e. The summed E-state index contributed by atoms with van der Waals surface area (Å²) < 4.78 is 11.3. The van der Waals surface area contributed by atoms with Crippen molar-refractivity contribution in [2.24, 2.45) is 0 Å². The Labute approximate surface area is 192 Å². The molecule has 1 N–H and O–H groups in total. The summed E-state index contributed by atoms with van der Waals surface area (Å²) in [5.74, 6) is 1.55. The third-order valence-corrected chi connectivity index (χ3v) is 5.42. The van der Waals surface area contributed by atoms with E-state index in [1.54, 1.807) is 60.7 Å². The summed E-state index contributed by atoms with van der Waals surface area (Å²) in [4.78, 5) is 12.2. The molecule has 1 heterocycles. The van der Waals surface area contributed by atoms with E-state index in [1.165, 1.54) is 0 Å². The molecule has 0 unspecified atom stereocenters. The summed E-state index contributed by atoms with van der Waals surface area (Å²) in [7, 11) is 0. The molecule has 0 spiro atoms. The Kier molecular flexibility index (Phi) is 6.76. The third kappa shape index (κ3) is 5.79. The van der Waals surface area contributed by atoms with Crippen molar-refractivity contribution in [3.8, 4) is 23.0 Å². The molecule has 0 radical (unpaired) electrons. The predicted molar refractivity (Wildman–Crippen MR) is 122 cm³/mol. The lowest BCUT2D eigenvalue weighted by molar-refractivity contribution is -0.113. The molecule has 0 aliphatic carbocycles. The number of amides is 1. The molecule has 0 saturated carbocycles. The summed E-state index contributed by atoms with van der Waals surface area (Å²) in [5, 5.41) is 12.2. The standard InChI is InChI=1S/C22H15Cl2N3O3S/c23-14-5-9-16(10-6-14)29-17-11-7-15(8-12-17)25-20(28)13-31-22-27-26-21(30-22)18-3-1-2-4-19(18)24/h1-12H,13H2,(H,25,28). The number of hydrogen-bond acceptors (Lipinski definition) is 6. The number of carbonyl (C=O) groups is 1. The van der Waals surface area contributed by atoms with E-state index in [4.69, 9.17) is 32.4 Å². The molecule has 4 aromatic rings. The number of ether oxygens (including phenoxy) is 1. The molecule has 31 heavy (non-hydrogen) atoms. The van der Waals surface area contributed by atoms with Gasteiger partial charge in [-0.25, -0.2) is 0 Å². The number of benzene rings is 3. The Morgan fingerprint density at radius 3 is 2.32 bits per heavy atom. The second kappa shape index (κ2) is 9.87. The monoisotopic (exact) mass is 471 g/mol. The maximum Gasteiger partial charge on any atom is 0.277 e. The van der Waals surface area contributed by atoms with Gasteiger partial charge in [-0.05, 0) is 60.7 Å². The van der Waals surface area contributed by atoms with Gasteiger partial charge in [-0.3, -0.25) is 4.79 Å². The molecule has 0 fully saturated rings. The van der Waals surface area contributed by atoms with Crippen molar-refractivity contribution in [2.45, 2.75) is 5.22 Å². The van der Waals surface area contributed by atoms with Crippen molar-refractivity contribution in [3.05, 3.63) is 82.8 Å². The molecule has 0 aliphatic rings. The van der Waals surface area contributed by atoms with Gasteiger partial charge in [0, 0.05) is 10.7 Å². The summed E-state index contributed by atoms with van der Waals surface area (Å²) in [6.07, 6.45) is 0. The highest BCUT2D eigenvalue weighted by Gasteiger charge is 2.13. The highest BCUT2D eigenvalue weighted by Crippen LogP contribution is 2.29. The van der Waals surface area contributed by atoms with E-state index >= 15 is 0 Å². The molecule has 1 amide bonds. The van der Waals surface area contributed by atoms with Crippen molar-refractivity contribution in [1.82, 2.24) is 10.2 Å². The first-order chi connectivity index (χ1) is 15.1. The number of anilines is 1. The van der Waals surface area contributed by atoms with Crippen LogP contribution in [0.15, 0.2) is 82.4 Å². The fraction of sp³-hybridized carbons (Fsp3) is 0.0455. The van der Waals surface area contributed by atoms with Gasteiger partial charge in [0.05, 0.1) is 16.3 Å². The Bertz CT molecular complexity index is 1180. The minimum Gasteiger partial charge on any atom is -0.457 e. The van der Waals surface area contributed by atoms with Crippen LogP contribution < -0.4 is 10.1 Å². The zero-order valence-electron chi connectivity index (χ0n) is 15.9. The fourth-order valence-electron chi connectivity index (χ4n) is 2.58. The smallest absolute Gasteiger partial charge is 0.277 e. The van der Waals surface area contributed by atoms with Crippen LogP contribution in [-0.2, 0) is 4.79 Å². The number of halogens is 2. The summed E-state index contributed by atoms with van der Waals surface area (Å²) in [5.41, 5.74) is 1.30. The van der Waals surface area contributed by atoms with E-state index in [1.807, 2.05) is 12.1 Å². The molecule has 0 bridgehead atoms. The minimum absolute atomic E-state index is 0.118. The van der Waals surface area contributed by atoms with E-state index < -0.39 is 0 Å². The van der Waals surface area contributed by atoms with Gasteiger partial charge < -0.3 is 14.5 Å². The van der Waals surface area contributed by atoms with Crippen LogP contribution in [0.1, 0.15) is 0 Å². The zero-order valence-corrected chi connectivity index (χ0v) is 18.2. The maximum absolute atomic E-state index is 12.2. The summed E-state index contributed by atoms with van der Waals surface area (Å²) >= 11 is 13.1. The van der Waals surface area contributed by atoms with Crippen molar-refractivity contribution in [2.75, 3.05) is 11.1 Å². The Morgan fingerprint density at radius 1 is 0.935 bits per heavy atom. The molecule has 1 aromatic heterocycles. The van der Waals surface area contributed by atoms with E-state index in [2.05, 4.69) is 15.5 Å². The maximum atomic E-state index is 12.2. The Hall–Kier alpha value is -3.00. The molecule has 0 saturated heterocycles. The molecule has 0 aliphatic heterocycles. The quantitative estimate of drug-likeness (QED) is 0.307. The number of carbonyl (C=O) groups excluding carboxylic acids is 1. The molecule has 9 heteroatoms. The lowest BCUT2D eigenvalue weighted by Crippen LogP contribution is -2.13. The highest BCUT2D eigenvalue weighted by atomic mass is 35.5. The van der Waals surface area contributed by atoms with Gasteiger partial charge in [0.1, 0.15) is 11.5 Å². The van der Waals surface area contributed by atoms with Crippen LogP contribution in [0.5, 0.6) is 11.5 Å². The minimum atomic E-state index is -0.200. The lowest BCUT2D eigenvalue weighted by atomic mass is 10.2. The van der Waals surface area contributed by atoms with Crippen LogP contribution in [-0.4, -0.2) is 21.9 Å². The van der Waals surface area contributed by atoms with Crippen molar-refractivity contribution in [1.29, 1.82) is 0 Å². The molecule has 3 aromatic carbocycles. The first-order valence-corrected chi connectivity index (χ1v) is 10.9. The van der Waals surface area contributed by atoms with Crippen molar-refractivity contribution >= 4 is 46.6 Å². The summed E-state index contributed by atoms with van der Waals surface area (Å²) in [6.45, 7) is 0. The number of aromatic nitrogens is 2. The van der Waals surface area contributed by atoms with Gasteiger partial charge in [-0.1, -0.05) is 47.1 Å². The van der Waals surface area contributed by atoms with E-state index in [9.17, 15) is 4.79 Å². The Morgan fingerprint density at radius 2 is 1.61 bits per heavy atom. The normalized spacial score (nSPS) is 10.6. The van der Waals surface area contributed by atoms with Gasteiger partial charge in [-0.15, -0.1) is 10.2 Å².